The lowest BCUT2D eigenvalue weighted by atomic mass is 10.1. The molecule has 2 aromatic carbocycles. The van der Waals surface area contributed by atoms with Crippen molar-refractivity contribution in [1.82, 2.24) is 0 Å². The quantitative estimate of drug-likeness (QED) is 0.934. The first-order chi connectivity index (χ1) is 7.65. The van der Waals surface area contributed by atoms with Gasteiger partial charge < -0.3 is 9.84 Å². The summed E-state index contributed by atoms with van der Waals surface area (Å²) in [5, 5.41) is 11.4. The molecule has 0 spiro atoms. The van der Waals surface area contributed by atoms with Crippen LogP contribution in [0.25, 0.3) is 10.8 Å². The van der Waals surface area contributed by atoms with Crippen molar-refractivity contribution in [2.24, 2.45) is 0 Å². The fourth-order valence-corrected chi connectivity index (χ4v) is 1.88. The second-order valence-corrected chi connectivity index (χ2v) is 4.73. The second-order valence-electron chi connectivity index (χ2n) is 3.81. The van der Waals surface area contributed by atoms with Gasteiger partial charge in [0.15, 0.2) is 0 Å². The van der Waals surface area contributed by atoms with E-state index in [1.54, 1.807) is 6.92 Å². The molecule has 0 saturated carbocycles. The van der Waals surface area contributed by atoms with Crippen molar-refractivity contribution in [3.63, 3.8) is 0 Å². The summed E-state index contributed by atoms with van der Waals surface area (Å²) in [7, 11) is 0. The maximum Gasteiger partial charge on any atom is 0.120 e. The van der Waals surface area contributed by atoms with Crippen LogP contribution in [0, 0.1) is 0 Å². The lowest BCUT2D eigenvalue weighted by Gasteiger charge is -2.08. The van der Waals surface area contributed by atoms with E-state index in [1.807, 2.05) is 30.3 Å². The van der Waals surface area contributed by atoms with Crippen molar-refractivity contribution in [2.45, 2.75) is 13.0 Å². The molecular weight excluding hydrogens is 268 g/mol. The second kappa shape index (κ2) is 4.85. The van der Waals surface area contributed by atoms with Gasteiger partial charge in [-0.3, -0.25) is 0 Å². The van der Waals surface area contributed by atoms with Crippen LogP contribution in [0.15, 0.2) is 40.9 Å². The third-order valence-corrected chi connectivity index (χ3v) is 2.76. The molecule has 0 aliphatic carbocycles. The predicted molar refractivity (Wildman–Crippen MR) is 68.8 cm³/mol. The highest BCUT2D eigenvalue weighted by molar-refractivity contribution is 9.10. The third-order valence-electron chi connectivity index (χ3n) is 2.26. The summed E-state index contributed by atoms with van der Waals surface area (Å²) in [6, 6.07) is 12.0. The largest absolute Gasteiger partial charge is 0.491 e. The molecule has 0 aliphatic heterocycles. The van der Waals surface area contributed by atoms with E-state index in [-0.39, 0.29) is 0 Å². The van der Waals surface area contributed by atoms with Gasteiger partial charge in [-0.05, 0) is 42.0 Å². The van der Waals surface area contributed by atoms with E-state index < -0.39 is 6.10 Å². The SMILES string of the molecule is C[C@@H](O)COc1ccc2cc(Br)ccc2c1. The summed E-state index contributed by atoms with van der Waals surface area (Å²) < 4.78 is 6.51. The molecule has 2 rings (SSSR count). The minimum atomic E-state index is -0.444. The topological polar surface area (TPSA) is 29.5 Å². The molecule has 2 nitrogen and oxygen atoms in total. The molecule has 0 radical (unpaired) electrons. The number of fused-ring (bicyclic) bond motifs is 1. The van der Waals surface area contributed by atoms with Gasteiger partial charge in [-0.15, -0.1) is 0 Å². The maximum atomic E-state index is 9.13. The van der Waals surface area contributed by atoms with E-state index in [2.05, 4.69) is 22.0 Å². The Hall–Kier alpha value is -1.06. The van der Waals surface area contributed by atoms with Gasteiger partial charge in [0.05, 0.1) is 6.10 Å². The summed E-state index contributed by atoms with van der Waals surface area (Å²) in [5.74, 6) is 0.788. The summed E-state index contributed by atoms with van der Waals surface area (Å²) in [6.07, 6.45) is -0.444. The number of benzene rings is 2. The van der Waals surface area contributed by atoms with E-state index >= 15 is 0 Å². The summed E-state index contributed by atoms with van der Waals surface area (Å²) >= 11 is 3.44. The van der Waals surface area contributed by atoms with Crippen LogP contribution in [0.5, 0.6) is 5.75 Å². The van der Waals surface area contributed by atoms with Crippen LogP contribution in [0.1, 0.15) is 6.92 Å². The van der Waals surface area contributed by atoms with Gasteiger partial charge in [-0.25, -0.2) is 0 Å². The van der Waals surface area contributed by atoms with Crippen molar-refractivity contribution in [3.05, 3.63) is 40.9 Å². The minimum Gasteiger partial charge on any atom is -0.491 e. The molecule has 0 fully saturated rings. The van der Waals surface area contributed by atoms with Gasteiger partial charge in [0.2, 0.25) is 0 Å². The van der Waals surface area contributed by atoms with Crippen LogP contribution in [0.3, 0.4) is 0 Å². The first-order valence-electron chi connectivity index (χ1n) is 5.15. The Balaban J connectivity index is 2.26. The zero-order valence-corrected chi connectivity index (χ0v) is 10.6. The molecule has 0 heterocycles. The van der Waals surface area contributed by atoms with Gasteiger partial charge in [-0.2, -0.15) is 0 Å². The number of halogens is 1. The first kappa shape index (κ1) is 11.4. The van der Waals surface area contributed by atoms with E-state index in [0.29, 0.717) is 6.61 Å². The number of ether oxygens (including phenoxy) is 1. The zero-order valence-electron chi connectivity index (χ0n) is 8.98. The van der Waals surface area contributed by atoms with Crippen LogP contribution in [-0.2, 0) is 0 Å². The van der Waals surface area contributed by atoms with E-state index in [4.69, 9.17) is 9.84 Å². The number of hydrogen-bond donors (Lipinski definition) is 1. The summed E-state index contributed by atoms with van der Waals surface area (Å²) in [6.45, 7) is 2.03. The van der Waals surface area contributed by atoms with Crippen LogP contribution < -0.4 is 4.74 Å². The molecule has 1 atom stereocenters. The summed E-state index contributed by atoms with van der Waals surface area (Å²) in [5.41, 5.74) is 0. The molecule has 0 aliphatic rings. The van der Waals surface area contributed by atoms with E-state index in [9.17, 15) is 0 Å². The fourth-order valence-electron chi connectivity index (χ4n) is 1.50. The Morgan fingerprint density at radius 1 is 1.19 bits per heavy atom. The average Bonchev–Trinajstić information content (AvgIpc) is 2.26. The molecule has 3 heteroatoms. The number of hydrogen-bond acceptors (Lipinski definition) is 2. The van der Waals surface area contributed by atoms with Crippen LogP contribution >= 0.6 is 15.9 Å². The van der Waals surface area contributed by atoms with Gasteiger partial charge in [0.1, 0.15) is 12.4 Å². The highest BCUT2D eigenvalue weighted by atomic mass is 79.9. The Morgan fingerprint density at radius 2 is 1.88 bits per heavy atom. The maximum absolute atomic E-state index is 9.13. The summed E-state index contributed by atoms with van der Waals surface area (Å²) in [4.78, 5) is 0. The van der Waals surface area contributed by atoms with Gasteiger partial charge in [-0.1, -0.05) is 28.1 Å². The van der Waals surface area contributed by atoms with Crippen molar-refractivity contribution < 1.29 is 9.84 Å². The van der Waals surface area contributed by atoms with Crippen molar-refractivity contribution in [1.29, 1.82) is 0 Å². The Morgan fingerprint density at radius 3 is 2.62 bits per heavy atom. The van der Waals surface area contributed by atoms with Crippen molar-refractivity contribution in [2.75, 3.05) is 6.61 Å². The molecule has 0 saturated heterocycles. The smallest absolute Gasteiger partial charge is 0.120 e. The van der Waals surface area contributed by atoms with Gasteiger partial charge in [0.25, 0.3) is 0 Å². The van der Waals surface area contributed by atoms with Crippen LogP contribution in [0.2, 0.25) is 0 Å². The van der Waals surface area contributed by atoms with E-state index in [0.717, 1.165) is 15.6 Å². The van der Waals surface area contributed by atoms with Crippen LogP contribution in [0.4, 0.5) is 0 Å². The lowest BCUT2D eigenvalue weighted by molar-refractivity contribution is 0.123. The molecule has 16 heavy (non-hydrogen) atoms. The Kier molecular flexibility index (Phi) is 3.46. The molecule has 2 aromatic rings. The number of aliphatic hydroxyl groups is 1. The molecular formula is C13H13BrO2. The normalized spacial score (nSPS) is 12.7. The molecule has 0 amide bonds. The fraction of sp³-hybridized carbons (Fsp3) is 0.231. The van der Waals surface area contributed by atoms with Crippen molar-refractivity contribution in [3.8, 4) is 5.75 Å². The Bertz CT molecular complexity index is 494. The Labute approximate surface area is 103 Å². The van der Waals surface area contributed by atoms with Gasteiger partial charge >= 0.3 is 0 Å². The van der Waals surface area contributed by atoms with Gasteiger partial charge in [0, 0.05) is 4.47 Å². The van der Waals surface area contributed by atoms with Crippen molar-refractivity contribution >= 4 is 26.7 Å². The third kappa shape index (κ3) is 2.74. The highest BCUT2D eigenvalue weighted by Crippen LogP contribution is 2.24. The number of rotatable bonds is 3. The first-order valence-corrected chi connectivity index (χ1v) is 5.94. The number of aliphatic hydroxyl groups excluding tert-OH is 1. The lowest BCUT2D eigenvalue weighted by Crippen LogP contribution is -2.12. The standard InChI is InChI=1S/C13H13BrO2/c1-9(15)8-16-13-5-3-10-6-12(14)4-2-11(10)7-13/h2-7,9,15H,8H2,1H3/t9-/m1/s1. The average molecular weight is 281 g/mol. The predicted octanol–water partition coefficient (Wildman–Crippen LogP) is 3.36. The molecule has 0 unspecified atom stereocenters. The molecule has 1 N–H and O–H groups in total. The van der Waals surface area contributed by atoms with Crippen LogP contribution in [-0.4, -0.2) is 17.8 Å². The zero-order chi connectivity index (χ0) is 11.5. The minimum absolute atomic E-state index is 0.321. The van der Waals surface area contributed by atoms with E-state index in [1.165, 1.54) is 5.39 Å². The highest BCUT2D eigenvalue weighted by Gasteiger charge is 2.00. The molecule has 0 aromatic heterocycles. The monoisotopic (exact) mass is 280 g/mol. The molecule has 84 valence electrons. The molecule has 0 bridgehead atoms.